The van der Waals surface area contributed by atoms with Gasteiger partial charge in [0.15, 0.2) is 5.65 Å². The average molecular weight is 309 g/mol. The Morgan fingerprint density at radius 2 is 2.05 bits per heavy atom. The predicted octanol–water partition coefficient (Wildman–Crippen LogP) is 4.09. The molecule has 3 rings (SSSR count). The van der Waals surface area contributed by atoms with Crippen LogP contribution in [0, 0.1) is 12.8 Å². The van der Waals surface area contributed by atoms with Gasteiger partial charge in [0.25, 0.3) is 0 Å². The first-order chi connectivity index (χ1) is 10.2. The molecule has 0 bridgehead atoms. The molecule has 0 aliphatic heterocycles. The highest BCUT2D eigenvalue weighted by Gasteiger charge is 2.29. The first kappa shape index (κ1) is 14.9. The molecule has 0 amide bonds. The second-order valence-electron chi connectivity index (χ2n) is 6.24. The molecule has 0 N–H and O–H groups in total. The summed E-state index contributed by atoms with van der Waals surface area (Å²) in [7, 11) is 0. The number of rotatable bonds is 4. The van der Waals surface area contributed by atoms with Crippen LogP contribution in [0.5, 0.6) is 0 Å². The maximum absolute atomic E-state index is 6.02. The average Bonchev–Trinajstić information content (AvgIpc) is 2.98. The molecule has 2 atom stereocenters. The summed E-state index contributed by atoms with van der Waals surface area (Å²) in [5.41, 5.74) is 3.30. The van der Waals surface area contributed by atoms with Gasteiger partial charge in [0, 0.05) is 24.9 Å². The quantitative estimate of drug-likeness (QED) is 0.797. The van der Waals surface area contributed by atoms with Gasteiger partial charge in [-0.25, -0.2) is 9.67 Å². The van der Waals surface area contributed by atoms with E-state index in [1.807, 2.05) is 0 Å². The van der Waals surface area contributed by atoms with Gasteiger partial charge in [-0.3, -0.25) is 0 Å². The van der Waals surface area contributed by atoms with E-state index < -0.39 is 0 Å². The number of alkyl halides is 1. The van der Waals surface area contributed by atoms with E-state index in [1.54, 1.807) is 0 Å². The van der Waals surface area contributed by atoms with Crippen molar-refractivity contribution in [2.45, 2.75) is 65.5 Å². The van der Waals surface area contributed by atoms with Crippen LogP contribution in [0.15, 0.2) is 0 Å². The van der Waals surface area contributed by atoms with Gasteiger partial charge >= 0.3 is 0 Å². The third-order valence-corrected chi connectivity index (χ3v) is 5.02. The zero-order valence-corrected chi connectivity index (χ0v) is 14.0. The Morgan fingerprint density at radius 1 is 1.29 bits per heavy atom. The van der Waals surface area contributed by atoms with Crippen molar-refractivity contribution in [1.82, 2.24) is 19.3 Å². The van der Waals surface area contributed by atoms with Gasteiger partial charge in [-0.05, 0) is 32.6 Å². The molecule has 116 valence electrons. The Labute approximate surface area is 131 Å². The van der Waals surface area contributed by atoms with Crippen LogP contribution < -0.4 is 0 Å². The number of aromatic nitrogens is 4. The second-order valence-corrected chi connectivity index (χ2v) is 6.62. The van der Waals surface area contributed by atoms with Crippen molar-refractivity contribution in [2.75, 3.05) is 5.88 Å². The van der Waals surface area contributed by atoms with E-state index in [4.69, 9.17) is 16.6 Å². The molecule has 0 spiro atoms. The summed E-state index contributed by atoms with van der Waals surface area (Å²) in [5, 5.41) is 4.65. The van der Waals surface area contributed by atoms with E-state index in [0.717, 1.165) is 30.0 Å². The van der Waals surface area contributed by atoms with E-state index in [9.17, 15) is 0 Å². The van der Waals surface area contributed by atoms with Crippen LogP contribution in [-0.4, -0.2) is 25.2 Å². The smallest absolute Gasteiger partial charge is 0.159 e. The number of imidazole rings is 1. The number of halogens is 1. The molecule has 2 heterocycles. The lowest BCUT2D eigenvalue weighted by molar-refractivity contribution is 0.255. The summed E-state index contributed by atoms with van der Waals surface area (Å²) in [6.45, 7) is 7.46. The van der Waals surface area contributed by atoms with Crippen molar-refractivity contribution < 1.29 is 0 Å². The van der Waals surface area contributed by atoms with Gasteiger partial charge in [-0.1, -0.05) is 19.8 Å². The SMILES string of the molecule is CCn1nc(C)c2nc(CCCl)n(C3CCCCC3C)c21. The topological polar surface area (TPSA) is 35.6 Å². The minimum Gasteiger partial charge on any atom is -0.309 e. The van der Waals surface area contributed by atoms with Gasteiger partial charge in [0.2, 0.25) is 0 Å². The molecule has 1 aliphatic carbocycles. The van der Waals surface area contributed by atoms with Crippen LogP contribution in [0.4, 0.5) is 0 Å². The highest BCUT2D eigenvalue weighted by Crippen LogP contribution is 2.37. The maximum Gasteiger partial charge on any atom is 0.159 e. The Balaban J connectivity index is 2.18. The predicted molar refractivity (Wildman–Crippen MR) is 87.0 cm³/mol. The molecule has 2 aromatic heterocycles. The van der Waals surface area contributed by atoms with Crippen LogP contribution in [-0.2, 0) is 13.0 Å². The van der Waals surface area contributed by atoms with E-state index in [0.29, 0.717) is 17.8 Å². The zero-order chi connectivity index (χ0) is 15.0. The van der Waals surface area contributed by atoms with Crippen molar-refractivity contribution in [3.8, 4) is 0 Å². The fraction of sp³-hybridized carbons (Fsp3) is 0.750. The van der Waals surface area contributed by atoms with Crippen molar-refractivity contribution in [1.29, 1.82) is 0 Å². The van der Waals surface area contributed by atoms with Crippen LogP contribution >= 0.6 is 11.6 Å². The van der Waals surface area contributed by atoms with Crippen LogP contribution in [0.2, 0.25) is 0 Å². The standard InChI is InChI=1S/C16H25ClN4/c1-4-20-16-15(12(3)19-20)18-14(9-10-17)21(16)13-8-6-5-7-11(13)2/h11,13H,4-10H2,1-3H3. The molecule has 4 nitrogen and oxygen atoms in total. The Morgan fingerprint density at radius 3 is 2.71 bits per heavy atom. The number of hydrogen-bond acceptors (Lipinski definition) is 2. The minimum absolute atomic E-state index is 0.545. The summed E-state index contributed by atoms with van der Waals surface area (Å²) in [6, 6.07) is 0.545. The third-order valence-electron chi connectivity index (χ3n) is 4.83. The molecule has 1 saturated carbocycles. The van der Waals surface area contributed by atoms with Gasteiger partial charge < -0.3 is 4.57 Å². The summed E-state index contributed by atoms with van der Waals surface area (Å²) in [6.07, 6.45) is 6.06. The number of aryl methyl sites for hydroxylation is 3. The van der Waals surface area contributed by atoms with Crippen LogP contribution in [0.25, 0.3) is 11.2 Å². The monoisotopic (exact) mass is 308 g/mol. The van der Waals surface area contributed by atoms with Crippen molar-refractivity contribution >= 4 is 22.8 Å². The molecule has 21 heavy (non-hydrogen) atoms. The fourth-order valence-electron chi connectivity index (χ4n) is 3.74. The molecule has 2 unspecified atom stereocenters. The number of nitrogens with zero attached hydrogens (tertiary/aromatic N) is 4. The van der Waals surface area contributed by atoms with Gasteiger partial charge in [0.05, 0.1) is 5.69 Å². The highest BCUT2D eigenvalue weighted by molar-refractivity contribution is 6.17. The minimum atomic E-state index is 0.545. The van der Waals surface area contributed by atoms with E-state index >= 15 is 0 Å². The maximum atomic E-state index is 6.02. The first-order valence-corrected chi connectivity index (χ1v) is 8.71. The Kier molecular flexibility index (Phi) is 4.25. The van der Waals surface area contributed by atoms with Crippen molar-refractivity contribution in [2.24, 2.45) is 5.92 Å². The molecular formula is C16H25ClN4. The lowest BCUT2D eigenvalue weighted by atomic mass is 9.85. The van der Waals surface area contributed by atoms with Crippen molar-refractivity contribution in [3.05, 3.63) is 11.5 Å². The molecule has 2 aromatic rings. The van der Waals surface area contributed by atoms with Gasteiger partial charge in [-0.15, -0.1) is 11.6 Å². The summed E-state index contributed by atoms with van der Waals surface area (Å²) >= 11 is 6.02. The van der Waals surface area contributed by atoms with E-state index in [-0.39, 0.29) is 0 Å². The summed E-state index contributed by atoms with van der Waals surface area (Å²) in [4.78, 5) is 4.88. The van der Waals surface area contributed by atoms with Gasteiger partial charge in [-0.2, -0.15) is 5.10 Å². The van der Waals surface area contributed by atoms with Crippen molar-refractivity contribution in [3.63, 3.8) is 0 Å². The third kappa shape index (κ3) is 2.48. The fourth-order valence-corrected chi connectivity index (χ4v) is 3.91. The normalized spacial score (nSPS) is 23.0. The number of hydrogen-bond donors (Lipinski definition) is 0. The lowest BCUT2D eigenvalue weighted by Crippen LogP contribution is -2.24. The number of fused-ring (bicyclic) bond motifs is 1. The molecular weight excluding hydrogens is 284 g/mol. The highest BCUT2D eigenvalue weighted by atomic mass is 35.5. The lowest BCUT2D eigenvalue weighted by Gasteiger charge is -2.31. The van der Waals surface area contributed by atoms with E-state index in [1.165, 1.54) is 31.3 Å². The molecule has 1 fully saturated rings. The van der Waals surface area contributed by atoms with Crippen LogP contribution in [0.3, 0.4) is 0 Å². The zero-order valence-electron chi connectivity index (χ0n) is 13.3. The molecule has 5 heteroatoms. The Bertz CT molecular complexity index is 628. The van der Waals surface area contributed by atoms with Crippen LogP contribution in [0.1, 0.15) is 57.1 Å². The molecule has 0 aromatic carbocycles. The summed E-state index contributed by atoms with van der Waals surface area (Å²) in [5.74, 6) is 2.46. The molecule has 1 aliphatic rings. The van der Waals surface area contributed by atoms with Gasteiger partial charge in [0.1, 0.15) is 11.3 Å². The molecule has 0 radical (unpaired) electrons. The first-order valence-electron chi connectivity index (χ1n) is 8.17. The second kappa shape index (κ2) is 5.99. The van der Waals surface area contributed by atoms with E-state index in [2.05, 4.69) is 35.1 Å². The largest absolute Gasteiger partial charge is 0.309 e. The molecule has 0 saturated heterocycles. The Hall–Kier alpha value is -1.03. The summed E-state index contributed by atoms with van der Waals surface area (Å²) < 4.78 is 4.57.